The Morgan fingerprint density at radius 1 is 1.56 bits per heavy atom. The van der Waals surface area contributed by atoms with Gasteiger partial charge in [0.25, 0.3) is 0 Å². The first kappa shape index (κ1) is 11.1. The standard InChI is InChI=1S/C11H17N3O2/c1-2-9-10(12)13-7-14-11(9)16-6-8-3-4-15-5-8/h7-8H,2-6H2,1H3,(H2,12,13,14). The van der Waals surface area contributed by atoms with E-state index in [4.69, 9.17) is 15.2 Å². The molecule has 2 N–H and O–H groups in total. The second-order valence-corrected chi connectivity index (χ2v) is 3.94. The monoisotopic (exact) mass is 223 g/mol. The lowest BCUT2D eigenvalue weighted by Crippen LogP contribution is -2.14. The van der Waals surface area contributed by atoms with E-state index in [-0.39, 0.29) is 0 Å². The van der Waals surface area contributed by atoms with Gasteiger partial charge in [0.05, 0.1) is 18.8 Å². The summed E-state index contributed by atoms with van der Waals surface area (Å²) in [6.45, 7) is 4.27. The number of rotatable bonds is 4. The van der Waals surface area contributed by atoms with E-state index in [0.29, 0.717) is 24.2 Å². The first-order valence-corrected chi connectivity index (χ1v) is 5.61. The van der Waals surface area contributed by atoms with E-state index in [1.807, 2.05) is 6.92 Å². The van der Waals surface area contributed by atoms with Gasteiger partial charge >= 0.3 is 0 Å². The van der Waals surface area contributed by atoms with Crippen molar-refractivity contribution in [3.05, 3.63) is 11.9 Å². The number of nitrogen functional groups attached to an aromatic ring is 1. The first-order valence-electron chi connectivity index (χ1n) is 5.61. The Morgan fingerprint density at radius 3 is 3.12 bits per heavy atom. The van der Waals surface area contributed by atoms with Crippen molar-refractivity contribution in [1.82, 2.24) is 9.97 Å². The van der Waals surface area contributed by atoms with E-state index in [0.717, 1.165) is 31.6 Å². The quantitative estimate of drug-likeness (QED) is 0.825. The number of hydrogen-bond donors (Lipinski definition) is 1. The Bertz CT molecular complexity index is 351. The van der Waals surface area contributed by atoms with E-state index in [2.05, 4.69) is 9.97 Å². The third kappa shape index (κ3) is 2.41. The second-order valence-electron chi connectivity index (χ2n) is 3.94. The Kier molecular flexibility index (Phi) is 3.56. The van der Waals surface area contributed by atoms with Crippen molar-refractivity contribution in [2.45, 2.75) is 19.8 Å². The van der Waals surface area contributed by atoms with Crippen LogP contribution in [0.25, 0.3) is 0 Å². The molecule has 0 spiro atoms. The Morgan fingerprint density at radius 2 is 2.44 bits per heavy atom. The maximum absolute atomic E-state index is 5.76. The Hall–Kier alpha value is -1.36. The summed E-state index contributed by atoms with van der Waals surface area (Å²) in [5, 5.41) is 0. The normalized spacial score (nSPS) is 19.9. The summed E-state index contributed by atoms with van der Waals surface area (Å²) in [6, 6.07) is 0. The number of ether oxygens (including phenoxy) is 2. The van der Waals surface area contributed by atoms with Crippen LogP contribution in [0.1, 0.15) is 18.9 Å². The van der Waals surface area contributed by atoms with Crippen molar-refractivity contribution in [2.24, 2.45) is 5.92 Å². The fourth-order valence-electron chi connectivity index (χ4n) is 1.78. The molecule has 0 amide bonds. The Balaban J connectivity index is 2.00. The van der Waals surface area contributed by atoms with Gasteiger partial charge in [-0.1, -0.05) is 6.92 Å². The van der Waals surface area contributed by atoms with Crippen molar-refractivity contribution >= 4 is 5.82 Å². The summed E-state index contributed by atoms with van der Waals surface area (Å²) in [4.78, 5) is 8.07. The topological polar surface area (TPSA) is 70.3 Å². The van der Waals surface area contributed by atoms with Crippen LogP contribution < -0.4 is 10.5 Å². The van der Waals surface area contributed by atoms with Gasteiger partial charge in [0.2, 0.25) is 5.88 Å². The van der Waals surface area contributed by atoms with Gasteiger partial charge in [-0.2, -0.15) is 0 Å². The van der Waals surface area contributed by atoms with Crippen LogP contribution in [0.5, 0.6) is 5.88 Å². The number of aromatic nitrogens is 2. The molecule has 0 aliphatic carbocycles. The highest BCUT2D eigenvalue weighted by atomic mass is 16.5. The summed E-state index contributed by atoms with van der Waals surface area (Å²) < 4.78 is 11.0. The first-order chi connectivity index (χ1) is 7.81. The van der Waals surface area contributed by atoms with E-state index in [9.17, 15) is 0 Å². The van der Waals surface area contributed by atoms with Gasteiger partial charge in [-0.3, -0.25) is 0 Å². The molecule has 0 radical (unpaired) electrons. The summed E-state index contributed by atoms with van der Waals surface area (Å²) in [6.07, 6.45) is 3.28. The molecule has 1 fully saturated rings. The molecule has 1 atom stereocenters. The minimum atomic E-state index is 0.473. The van der Waals surface area contributed by atoms with E-state index >= 15 is 0 Å². The smallest absolute Gasteiger partial charge is 0.221 e. The SMILES string of the molecule is CCc1c(N)ncnc1OCC1CCOC1. The zero-order valence-corrected chi connectivity index (χ0v) is 9.48. The molecule has 0 saturated carbocycles. The number of anilines is 1. The number of hydrogen-bond acceptors (Lipinski definition) is 5. The average molecular weight is 223 g/mol. The molecule has 16 heavy (non-hydrogen) atoms. The third-order valence-electron chi connectivity index (χ3n) is 2.77. The molecule has 1 saturated heterocycles. The van der Waals surface area contributed by atoms with Gasteiger partial charge < -0.3 is 15.2 Å². The van der Waals surface area contributed by atoms with Gasteiger partial charge in [-0.15, -0.1) is 0 Å². The van der Waals surface area contributed by atoms with Crippen LogP contribution >= 0.6 is 0 Å². The maximum Gasteiger partial charge on any atom is 0.221 e. The molecule has 2 rings (SSSR count). The largest absolute Gasteiger partial charge is 0.477 e. The predicted octanol–water partition coefficient (Wildman–Crippen LogP) is 1.04. The van der Waals surface area contributed by atoms with E-state index in [1.165, 1.54) is 6.33 Å². The highest BCUT2D eigenvalue weighted by Gasteiger charge is 2.17. The lowest BCUT2D eigenvalue weighted by atomic mass is 10.1. The Labute approximate surface area is 95.0 Å². The van der Waals surface area contributed by atoms with Crippen molar-refractivity contribution in [3.8, 4) is 5.88 Å². The third-order valence-corrected chi connectivity index (χ3v) is 2.77. The molecule has 1 aliphatic heterocycles. The van der Waals surface area contributed by atoms with Crippen LogP contribution in [0.4, 0.5) is 5.82 Å². The van der Waals surface area contributed by atoms with Crippen LogP contribution in [0.15, 0.2) is 6.33 Å². The second kappa shape index (κ2) is 5.12. The minimum Gasteiger partial charge on any atom is -0.477 e. The van der Waals surface area contributed by atoms with Crippen molar-refractivity contribution < 1.29 is 9.47 Å². The molecular formula is C11H17N3O2. The maximum atomic E-state index is 5.76. The van der Waals surface area contributed by atoms with Crippen molar-refractivity contribution in [1.29, 1.82) is 0 Å². The van der Waals surface area contributed by atoms with E-state index in [1.54, 1.807) is 0 Å². The van der Waals surface area contributed by atoms with Crippen LogP contribution in [-0.2, 0) is 11.2 Å². The fourth-order valence-corrected chi connectivity index (χ4v) is 1.78. The summed E-state index contributed by atoms with van der Waals surface area (Å²) in [5.41, 5.74) is 6.65. The highest BCUT2D eigenvalue weighted by molar-refractivity contribution is 5.44. The molecule has 1 aliphatic rings. The summed E-state index contributed by atoms with van der Waals surface area (Å²) in [7, 11) is 0. The molecule has 1 aromatic rings. The van der Waals surface area contributed by atoms with Gasteiger partial charge in [-0.05, 0) is 12.8 Å². The molecule has 1 unspecified atom stereocenters. The molecule has 2 heterocycles. The number of nitrogens with zero attached hydrogens (tertiary/aromatic N) is 2. The molecule has 0 bridgehead atoms. The van der Waals surface area contributed by atoms with Crippen LogP contribution in [0.2, 0.25) is 0 Å². The van der Waals surface area contributed by atoms with Gasteiger partial charge in [-0.25, -0.2) is 9.97 Å². The summed E-state index contributed by atoms with van der Waals surface area (Å²) >= 11 is 0. The average Bonchev–Trinajstić information content (AvgIpc) is 2.79. The van der Waals surface area contributed by atoms with Gasteiger partial charge in [0.15, 0.2) is 0 Å². The van der Waals surface area contributed by atoms with Crippen molar-refractivity contribution in [3.63, 3.8) is 0 Å². The minimum absolute atomic E-state index is 0.473. The van der Waals surface area contributed by atoms with E-state index < -0.39 is 0 Å². The lowest BCUT2D eigenvalue weighted by molar-refractivity contribution is 0.165. The molecule has 88 valence electrons. The molecule has 0 aromatic carbocycles. The molecular weight excluding hydrogens is 206 g/mol. The molecule has 1 aromatic heterocycles. The zero-order chi connectivity index (χ0) is 11.4. The van der Waals surface area contributed by atoms with Gasteiger partial charge in [0, 0.05) is 12.5 Å². The van der Waals surface area contributed by atoms with Crippen LogP contribution in [0, 0.1) is 5.92 Å². The highest BCUT2D eigenvalue weighted by Crippen LogP contribution is 2.21. The fraction of sp³-hybridized carbons (Fsp3) is 0.636. The number of nitrogens with two attached hydrogens (primary N) is 1. The molecule has 5 heteroatoms. The van der Waals surface area contributed by atoms with Crippen molar-refractivity contribution in [2.75, 3.05) is 25.6 Å². The van der Waals surface area contributed by atoms with Gasteiger partial charge in [0.1, 0.15) is 12.1 Å². The summed E-state index contributed by atoms with van der Waals surface area (Å²) in [5.74, 6) is 1.60. The predicted molar refractivity (Wildman–Crippen MR) is 60.2 cm³/mol. The molecule has 5 nitrogen and oxygen atoms in total. The van der Waals surface area contributed by atoms with Crippen LogP contribution in [0.3, 0.4) is 0 Å². The lowest BCUT2D eigenvalue weighted by Gasteiger charge is -2.12. The van der Waals surface area contributed by atoms with Crippen LogP contribution in [-0.4, -0.2) is 29.8 Å². The zero-order valence-electron chi connectivity index (χ0n) is 9.48.